The van der Waals surface area contributed by atoms with Crippen LogP contribution in [0, 0.1) is 0 Å². The zero-order valence-electron chi connectivity index (χ0n) is 8.56. The number of hydrogen-bond donors (Lipinski definition) is 2. The van der Waals surface area contributed by atoms with E-state index in [0.29, 0.717) is 6.54 Å². The van der Waals surface area contributed by atoms with Crippen LogP contribution in [0.2, 0.25) is 0 Å². The lowest BCUT2D eigenvalue weighted by Gasteiger charge is -2.02. The normalized spacial score (nSPS) is 11.8. The number of H-pyrrole nitrogens is 1. The van der Waals surface area contributed by atoms with Gasteiger partial charge in [-0.2, -0.15) is 0 Å². The Morgan fingerprint density at radius 2 is 2.33 bits per heavy atom. The van der Waals surface area contributed by atoms with Crippen LogP contribution < -0.4 is 5.32 Å². The molecule has 7 heteroatoms. The molecule has 5 nitrogen and oxygen atoms in total. The number of thioether (sulfide) groups is 1. The molecule has 0 spiro atoms. The molecule has 0 radical (unpaired) electrons. The predicted octanol–water partition coefficient (Wildman–Crippen LogP) is 0.136. The quantitative estimate of drug-likeness (QED) is 0.531. The Labute approximate surface area is 94.0 Å². The summed E-state index contributed by atoms with van der Waals surface area (Å²) in [5, 5.41) is 3.95. The summed E-state index contributed by atoms with van der Waals surface area (Å²) in [5.74, 6) is 1.07. The number of nitrogens with one attached hydrogen (secondary N) is 2. The summed E-state index contributed by atoms with van der Waals surface area (Å²) >= 11 is 1.61. The monoisotopic (exact) mass is 249 g/mol. The van der Waals surface area contributed by atoms with Gasteiger partial charge in [0.25, 0.3) is 0 Å². The number of hydrogen-bond acceptors (Lipinski definition) is 5. The first-order chi connectivity index (χ1) is 7.08. The molecule has 15 heavy (non-hydrogen) atoms. The minimum Gasteiger partial charge on any atom is -0.340 e. The van der Waals surface area contributed by atoms with E-state index in [-0.39, 0.29) is 5.75 Å². The molecule has 1 heterocycles. The van der Waals surface area contributed by atoms with Gasteiger partial charge in [-0.3, -0.25) is 0 Å². The largest absolute Gasteiger partial charge is 0.340 e. The molecule has 86 valence electrons. The molecule has 2 N–H and O–H groups in total. The number of rotatable bonds is 7. The summed E-state index contributed by atoms with van der Waals surface area (Å²) in [5.41, 5.74) is 0. The van der Waals surface area contributed by atoms with Gasteiger partial charge in [0.2, 0.25) is 0 Å². The van der Waals surface area contributed by atoms with Crippen molar-refractivity contribution < 1.29 is 8.42 Å². The molecule has 0 atom stereocenters. The Morgan fingerprint density at radius 3 is 2.93 bits per heavy atom. The lowest BCUT2D eigenvalue weighted by atomic mass is 10.7. The average molecular weight is 249 g/mol. The third kappa shape index (κ3) is 6.53. The predicted molar refractivity (Wildman–Crippen MR) is 61.9 cm³/mol. The first-order valence-electron chi connectivity index (χ1n) is 4.58. The van der Waals surface area contributed by atoms with Crippen molar-refractivity contribution in [3.63, 3.8) is 0 Å². The van der Waals surface area contributed by atoms with Crippen LogP contribution in [-0.2, 0) is 9.84 Å². The van der Waals surface area contributed by atoms with Gasteiger partial charge in [0, 0.05) is 37.5 Å². The summed E-state index contributed by atoms with van der Waals surface area (Å²) < 4.78 is 21.6. The molecular formula is C8H15N3O2S2. The van der Waals surface area contributed by atoms with Gasteiger partial charge in [0.1, 0.15) is 9.84 Å². The van der Waals surface area contributed by atoms with Crippen molar-refractivity contribution in [3.05, 3.63) is 12.4 Å². The van der Waals surface area contributed by atoms with Crippen molar-refractivity contribution in [2.75, 3.05) is 30.9 Å². The summed E-state index contributed by atoms with van der Waals surface area (Å²) in [6.45, 7) is 1.29. The first kappa shape index (κ1) is 12.5. The maximum Gasteiger partial charge on any atom is 0.165 e. The van der Waals surface area contributed by atoms with E-state index in [1.807, 2.05) is 0 Å². The van der Waals surface area contributed by atoms with Crippen molar-refractivity contribution in [2.45, 2.75) is 5.16 Å². The van der Waals surface area contributed by atoms with E-state index in [4.69, 9.17) is 0 Å². The van der Waals surface area contributed by atoms with Crippen LogP contribution in [0.1, 0.15) is 0 Å². The summed E-state index contributed by atoms with van der Waals surface area (Å²) in [6.07, 6.45) is 4.73. The molecule has 1 rings (SSSR count). The van der Waals surface area contributed by atoms with Crippen molar-refractivity contribution >= 4 is 21.6 Å². The van der Waals surface area contributed by atoms with Gasteiger partial charge in [-0.15, -0.1) is 0 Å². The molecule has 0 aliphatic heterocycles. The molecule has 0 saturated carbocycles. The van der Waals surface area contributed by atoms with Gasteiger partial charge in [0.05, 0.1) is 5.75 Å². The van der Waals surface area contributed by atoms with Gasteiger partial charge in [-0.05, 0) is 0 Å². The van der Waals surface area contributed by atoms with E-state index in [2.05, 4.69) is 15.3 Å². The van der Waals surface area contributed by atoms with Crippen molar-refractivity contribution in [1.29, 1.82) is 0 Å². The number of aromatic nitrogens is 2. The Morgan fingerprint density at radius 1 is 1.53 bits per heavy atom. The number of aromatic amines is 1. The van der Waals surface area contributed by atoms with Gasteiger partial charge in [0.15, 0.2) is 5.16 Å². The minimum absolute atomic E-state index is 0.193. The molecule has 0 bridgehead atoms. The third-order valence-electron chi connectivity index (χ3n) is 1.64. The SMILES string of the molecule is CS(=O)(=O)CCNCCSc1ncc[nH]1. The van der Waals surface area contributed by atoms with Crippen LogP contribution in [0.3, 0.4) is 0 Å². The van der Waals surface area contributed by atoms with Crippen LogP contribution in [0.4, 0.5) is 0 Å². The van der Waals surface area contributed by atoms with E-state index in [9.17, 15) is 8.42 Å². The highest BCUT2D eigenvalue weighted by atomic mass is 32.2. The maximum atomic E-state index is 10.8. The Bertz CT molecular complexity index is 361. The van der Waals surface area contributed by atoms with Gasteiger partial charge < -0.3 is 10.3 Å². The summed E-state index contributed by atoms with van der Waals surface area (Å²) in [7, 11) is -2.84. The molecular weight excluding hydrogens is 234 g/mol. The van der Waals surface area contributed by atoms with Crippen LogP contribution in [0.15, 0.2) is 17.6 Å². The Hall–Kier alpha value is -0.530. The molecule has 0 unspecified atom stereocenters. The summed E-state index contributed by atoms with van der Waals surface area (Å²) in [6, 6.07) is 0. The molecule has 0 aliphatic rings. The van der Waals surface area contributed by atoms with Crippen LogP contribution in [-0.4, -0.2) is 49.2 Å². The molecule has 1 aromatic heterocycles. The van der Waals surface area contributed by atoms with Crippen molar-refractivity contribution in [3.8, 4) is 0 Å². The molecule has 0 aromatic carbocycles. The highest BCUT2D eigenvalue weighted by molar-refractivity contribution is 7.99. The van der Waals surface area contributed by atoms with E-state index < -0.39 is 9.84 Å². The molecule has 1 aromatic rings. The fourth-order valence-corrected chi connectivity index (χ4v) is 2.17. The smallest absolute Gasteiger partial charge is 0.165 e. The number of imidazole rings is 1. The molecule has 0 amide bonds. The summed E-state index contributed by atoms with van der Waals surface area (Å²) in [4.78, 5) is 7.04. The zero-order chi connectivity index (χ0) is 11.1. The topological polar surface area (TPSA) is 74.8 Å². The van der Waals surface area contributed by atoms with E-state index in [0.717, 1.165) is 17.5 Å². The van der Waals surface area contributed by atoms with Crippen LogP contribution >= 0.6 is 11.8 Å². The second kappa shape index (κ2) is 6.14. The molecule has 0 fully saturated rings. The van der Waals surface area contributed by atoms with Crippen molar-refractivity contribution in [1.82, 2.24) is 15.3 Å². The van der Waals surface area contributed by atoms with Crippen LogP contribution in [0.5, 0.6) is 0 Å². The highest BCUT2D eigenvalue weighted by Gasteiger charge is 2.00. The molecule has 0 aliphatic carbocycles. The number of sulfone groups is 1. The Kier molecular flexibility index (Phi) is 5.13. The minimum atomic E-state index is -2.84. The van der Waals surface area contributed by atoms with Crippen LogP contribution in [0.25, 0.3) is 0 Å². The standard InChI is InChI=1S/C8H15N3O2S2/c1-15(12,13)7-5-9-4-6-14-8-10-2-3-11-8/h2-3,9H,4-7H2,1H3,(H,10,11). The van der Waals surface area contributed by atoms with E-state index in [1.54, 1.807) is 24.2 Å². The zero-order valence-corrected chi connectivity index (χ0v) is 10.2. The third-order valence-corrected chi connectivity index (χ3v) is 3.49. The Balaban J connectivity index is 1.99. The highest BCUT2D eigenvalue weighted by Crippen LogP contribution is 2.09. The van der Waals surface area contributed by atoms with Gasteiger partial charge >= 0.3 is 0 Å². The van der Waals surface area contributed by atoms with Gasteiger partial charge in [-0.1, -0.05) is 11.8 Å². The first-order valence-corrected chi connectivity index (χ1v) is 7.63. The fraction of sp³-hybridized carbons (Fsp3) is 0.625. The van der Waals surface area contributed by atoms with E-state index in [1.165, 1.54) is 6.26 Å². The molecule has 0 saturated heterocycles. The lowest BCUT2D eigenvalue weighted by molar-refractivity contribution is 0.598. The second-order valence-electron chi connectivity index (χ2n) is 3.12. The van der Waals surface area contributed by atoms with E-state index >= 15 is 0 Å². The number of nitrogens with zero attached hydrogens (tertiary/aromatic N) is 1. The average Bonchev–Trinajstić information content (AvgIpc) is 2.61. The second-order valence-corrected chi connectivity index (χ2v) is 6.47. The lowest BCUT2D eigenvalue weighted by Crippen LogP contribution is -2.24. The maximum absolute atomic E-state index is 10.8. The van der Waals surface area contributed by atoms with Crippen molar-refractivity contribution in [2.24, 2.45) is 0 Å². The fourth-order valence-electron chi connectivity index (χ4n) is 0.932. The van der Waals surface area contributed by atoms with Gasteiger partial charge in [-0.25, -0.2) is 13.4 Å².